The quantitative estimate of drug-likeness (QED) is 0.362. The van der Waals surface area contributed by atoms with Crippen LogP contribution in [-0.4, -0.2) is 6.54 Å². The van der Waals surface area contributed by atoms with Crippen LogP contribution in [0.5, 0.6) is 0 Å². The van der Waals surface area contributed by atoms with Crippen molar-refractivity contribution in [3.63, 3.8) is 0 Å². The Labute approximate surface area is 37.7 Å². The van der Waals surface area contributed by atoms with Gasteiger partial charge in [-0.15, -0.1) is 0 Å². The summed E-state index contributed by atoms with van der Waals surface area (Å²) >= 11 is 0. The molecule has 1 saturated carbocycles. The number of hydrogen-bond donors (Lipinski definition) is 2. The summed E-state index contributed by atoms with van der Waals surface area (Å²) < 4.78 is 0. The van der Waals surface area contributed by atoms with Crippen molar-refractivity contribution in [2.24, 2.45) is 11.8 Å². The van der Waals surface area contributed by atoms with Crippen molar-refractivity contribution >= 4 is 0 Å². The number of nitrogens with one attached hydrogen (secondary N) is 1. The predicted molar refractivity (Wildman–Crippen MR) is 24.9 cm³/mol. The maximum absolute atomic E-state index is 5.02. The van der Waals surface area contributed by atoms with Gasteiger partial charge in [-0.2, -0.15) is 0 Å². The van der Waals surface area contributed by atoms with Gasteiger partial charge in [-0.3, -0.25) is 11.3 Å². The van der Waals surface area contributed by atoms with Gasteiger partial charge in [0, 0.05) is 6.54 Å². The molecule has 1 aliphatic rings. The van der Waals surface area contributed by atoms with Gasteiger partial charge in [0.05, 0.1) is 0 Å². The van der Waals surface area contributed by atoms with E-state index in [2.05, 4.69) is 5.43 Å². The van der Waals surface area contributed by atoms with Crippen molar-refractivity contribution in [1.29, 1.82) is 0 Å². The first-order valence-corrected chi connectivity index (χ1v) is 2.37. The van der Waals surface area contributed by atoms with Crippen molar-refractivity contribution in [1.82, 2.24) is 5.43 Å². The largest absolute Gasteiger partial charge is 0.271 e. The maximum Gasteiger partial charge on any atom is 0.0126 e. The smallest absolute Gasteiger partial charge is 0.0126 e. The molecule has 1 aliphatic carbocycles. The van der Waals surface area contributed by atoms with Gasteiger partial charge >= 0.3 is 0 Å². The highest BCUT2D eigenvalue weighted by atomic mass is 15.2. The molecule has 0 aromatic carbocycles. The third-order valence-electron chi connectivity index (χ3n) is 1.10. The summed E-state index contributed by atoms with van der Waals surface area (Å²) in [4.78, 5) is 0. The van der Waals surface area contributed by atoms with E-state index in [4.69, 9.17) is 5.84 Å². The van der Waals surface area contributed by atoms with E-state index in [1.54, 1.807) is 0 Å². The lowest BCUT2D eigenvalue weighted by Crippen LogP contribution is -2.23. The van der Waals surface area contributed by atoms with Crippen molar-refractivity contribution < 1.29 is 0 Å². The summed E-state index contributed by atoms with van der Waals surface area (Å²) in [7, 11) is 0. The second-order valence-corrected chi connectivity index (χ2v) is 1.85. The molecule has 0 atom stereocenters. The monoisotopic (exact) mass is 86.1 g/mol. The average molecular weight is 86.1 g/mol. The highest BCUT2D eigenvalue weighted by Gasteiger charge is 2.19. The molecule has 2 nitrogen and oxygen atoms in total. The van der Waals surface area contributed by atoms with E-state index in [9.17, 15) is 0 Å². The fourth-order valence-corrected chi connectivity index (χ4v) is 0.489. The summed E-state index contributed by atoms with van der Waals surface area (Å²) in [5.41, 5.74) is 2.63. The molecule has 0 unspecified atom stereocenters. The number of hydrogen-bond acceptors (Lipinski definition) is 2. The van der Waals surface area contributed by atoms with Gasteiger partial charge < -0.3 is 0 Å². The zero-order chi connectivity index (χ0) is 4.41. The summed E-state index contributed by atoms with van der Waals surface area (Å²) in [6, 6.07) is 0. The van der Waals surface area contributed by atoms with Gasteiger partial charge in [-0.1, -0.05) is 0 Å². The fraction of sp³-hybridized carbons (Fsp3) is 1.00. The van der Waals surface area contributed by atoms with Crippen molar-refractivity contribution in [3.8, 4) is 0 Å². The molecular weight excluding hydrogens is 76.1 g/mol. The van der Waals surface area contributed by atoms with Crippen LogP contribution in [0, 0.1) is 5.92 Å². The van der Waals surface area contributed by atoms with Crippen molar-refractivity contribution in [2.75, 3.05) is 6.54 Å². The molecular formula is C4H10N2. The Bertz CT molecular complexity index is 40.8. The molecule has 6 heavy (non-hydrogen) atoms. The highest BCUT2D eigenvalue weighted by molar-refractivity contribution is 4.73. The van der Waals surface area contributed by atoms with E-state index < -0.39 is 0 Å². The third-order valence-corrected chi connectivity index (χ3v) is 1.10. The van der Waals surface area contributed by atoms with Gasteiger partial charge in [0.2, 0.25) is 0 Å². The van der Waals surface area contributed by atoms with Crippen LogP contribution >= 0.6 is 0 Å². The normalized spacial score (nSPS) is 21.5. The molecule has 36 valence electrons. The van der Waals surface area contributed by atoms with Crippen LogP contribution < -0.4 is 11.3 Å². The SMILES string of the molecule is NNCC1CC1. The molecule has 0 aliphatic heterocycles. The number of nitrogens with two attached hydrogens (primary N) is 1. The minimum Gasteiger partial charge on any atom is -0.271 e. The first-order valence-electron chi connectivity index (χ1n) is 2.37. The molecule has 0 aromatic rings. The number of hydrazine groups is 1. The molecule has 0 heterocycles. The summed E-state index contributed by atoms with van der Waals surface area (Å²) in [5.74, 6) is 5.93. The molecule has 3 N–H and O–H groups in total. The maximum atomic E-state index is 5.02. The van der Waals surface area contributed by atoms with E-state index in [0.29, 0.717) is 0 Å². The molecule has 1 rings (SSSR count). The van der Waals surface area contributed by atoms with E-state index in [1.165, 1.54) is 12.8 Å². The van der Waals surface area contributed by atoms with Gasteiger partial charge in [0.1, 0.15) is 0 Å². The first kappa shape index (κ1) is 4.09. The van der Waals surface area contributed by atoms with Gasteiger partial charge in [-0.25, -0.2) is 0 Å². The Balaban J connectivity index is 1.88. The predicted octanol–water partition coefficient (Wildman–Crippen LogP) is -0.140. The van der Waals surface area contributed by atoms with E-state index in [0.717, 1.165) is 12.5 Å². The molecule has 0 saturated heterocycles. The fourth-order valence-electron chi connectivity index (χ4n) is 0.489. The molecule has 0 bridgehead atoms. The zero-order valence-electron chi connectivity index (χ0n) is 3.78. The molecule has 0 radical (unpaired) electrons. The van der Waals surface area contributed by atoms with Crippen LogP contribution in [0.3, 0.4) is 0 Å². The van der Waals surface area contributed by atoms with Gasteiger partial charge in [0.25, 0.3) is 0 Å². The summed E-state index contributed by atoms with van der Waals surface area (Å²) in [5, 5.41) is 0. The standard InChI is InChI=1S/C4H10N2/c5-6-3-4-1-2-4/h4,6H,1-3,5H2. The Hall–Kier alpha value is -0.0800. The summed E-state index contributed by atoms with van der Waals surface area (Å²) in [6.07, 6.45) is 2.76. The first-order chi connectivity index (χ1) is 2.93. The lowest BCUT2D eigenvalue weighted by atomic mass is 10.4. The second kappa shape index (κ2) is 1.58. The highest BCUT2D eigenvalue weighted by Crippen LogP contribution is 2.26. The molecule has 2 heteroatoms. The lowest BCUT2D eigenvalue weighted by Gasteiger charge is -1.87. The molecule has 1 fully saturated rings. The average Bonchev–Trinajstić information content (AvgIpc) is 2.21. The minimum atomic E-state index is 0.912. The minimum absolute atomic E-state index is 0.912. The van der Waals surface area contributed by atoms with Gasteiger partial charge in [-0.05, 0) is 18.8 Å². The van der Waals surface area contributed by atoms with E-state index >= 15 is 0 Å². The molecule has 0 amide bonds. The topological polar surface area (TPSA) is 38.0 Å². The lowest BCUT2D eigenvalue weighted by molar-refractivity contribution is 0.669. The molecule has 0 aromatic heterocycles. The Morgan fingerprint density at radius 1 is 1.67 bits per heavy atom. The third kappa shape index (κ3) is 0.954. The van der Waals surface area contributed by atoms with Crippen LogP contribution in [0.25, 0.3) is 0 Å². The Kier molecular flexibility index (Phi) is 1.08. The summed E-state index contributed by atoms with van der Waals surface area (Å²) in [6.45, 7) is 1.01. The van der Waals surface area contributed by atoms with Crippen LogP contribution in [0.4, 0.5) is 0 Å². The van der Waals surface area contributed by atoms with E-state index in [-0.39, 0.29) is 0 Å². The Morgan fingerprint density at radius 3 is 2.50 bits per heavy atom. The second-order valence-electron chi connectivity index (χ2n) is 1.85. The molecule has 0 spiro atoms. The van der Waals surface area contributed by atoms with Crippen molar-refractivity contribution in [2.45, 2.75) is 12.8 Å². The van der Waals surface area contributed by atoms with Crippen LogP contribution in [0.1, 0.15) is 12.8 Å². The van der Waals surface area contributed by atoms with E-state index in [1.807, 2.05) is 0 Å². The van der Waals surface area contributed by atoms with Gasteiger partial charge in [0.15, 0.2) is 0 Å². The van der Waals surface area contributed by atoms with Crippen LogP contribution in [0.2, 0.25) is 0 Å². The number of rotatable bonds is 2. The van der Waals surface area contributed by atoms with Crippen LogP contribution in [-0.2, 0) is 0 Å². The Morgan fingerprint density at radius 2 is 2.33 bits per heavy atom. The zero-order valence-corrected chi connectivity index (χ0v) is 3.78. The van der Waals surface area contributed by atoms with Crippen molar-refractivity contribution in [3.05, 3.63) is 0 Å². The van der Waals surface area contributed by atoms with Crippen LogP contribution in [0.15, 0.2) is 0 Å².